The average molecular weight is 174 g/mol. The van der Waals surface area contributed by atoms with Crippen molar-refractivity contribution in [3.63, 3.8) is 0 Å². The Labute approximate surface area is 67.1 Å². The van der Waals surface area contributed by atoms with Crippen molar-refractivity contribution in [3.8, 4) is 0 Å². The van der Waals surface area contributed by atoms with E-state index in [1.807, 2.05) is 0 Å². The van der Waals surface area contributed by atoms with Crippen LogP contribution < -0.4 is 0 Å². The Bertz CT molecular complexity index is 278. The van der Waals surface area contributed by atoms with E-state index >= 15 is 0 Å². The third-order valence-corrected chi connectivity index (χ3v) is 1.27. The number of ketones is 1. The molecule has 0 fully saturated rings. The molecule has 1 aromatic rings. The molecule has 1 aromatic heterocycles. The van der Waals surface area contributed by atoms with E-state index in [9.17, 15) is 4.79 Å². The molecule has 5 heteroatoms. The van der Waals surface area contributed by atoms with Gasteiger partial charge >= 0.3 is 0 Å². The number of Topliss-reactive ketones (excluding diaryl/α,β-unsaturated/α-hetero) is 1. The Morgan fingerprint density at radius 1 is 1.73 bits per heavy atom. The quantitative estimate of drug-likeness (QED) is 0.319. The van der Waals surface area contributed by atoms with Crippen molar-refractivity contribution < 1.29 is 14.4 Å². The second-order valence-electron chi connectivity index (χ2n) is 1.70. The number of furan rings is 1. The topological polar surface area (TPSA) is 62.8 Å². The van der Waals surface area contributed by atoms with Crippen LogP contribution in [0.2, 0.25) is 0 Å². The van der Waals surface area contributed by atoms with E-state index in [2.05, 4.69) is 5.16 Å². The Hall–Kier alpha value is -1.29. The highest BCUT2D eigenvalue weighted by Crippen LogP contribution is 2.04. The maximum absolute atomic E-state index is 10.9. The molecule has 0 aliphatic rings. The van der Waals surface area contributed by atoms with Crippen molar-refractivity contribution in [2.24, 2.45) is 5.16 Å². The summed E-state index contributed by atoms with van der Waals surface area (Å²) in [7, 11) is 0. The first-order valence-corrected chi connectivity index (χ1v) is 3.09. The van der Waals surface area contributed by atoms with E-state index in [-0.39, 0.29) is 5.76 Å². The van der Waals surface area contributed by atoms with Crippen LogP contribution in [0.3, 0.4) is 0 Å². The summed E-state index contributed by atoms with van der Waals surface area (Å²) in [6, 6.07) is 2.96. The van der Waals surface area contributed by atoms with E-state index in [1.165, 1.54) is 18.4 Å². The lowest BCUT2D eigenvalue weighted by molar-refractivity contribution is 0.104. The van der Waals surface area contributed by atoms with Crippen LogP contribution in [0, 0.1) is 0 Å². The Kier molecular flexibility index (Phi) is 2.28. The SMILES string of the molecule is O=C(/C(Cl)=N/O)c1ccco1. The zero-order chi connectivity index (χ0) is 8.27. The monoisotopic (exact) mass is 173 g/mol. The molecule has 0 saturated heterocycles. The summed E-state index contributed by atoms with van der Waals surface area (Å²) in [6.45, 7) is 0. The first kappa shape index (κ1) is 7.81. The van der Waals surface area contributed by atoms with Gasteiger partial charge in [-0.05, 0) is 12.1 Å². The van der Waals surface area contributed by atoms with E-state index in [0.29, 0.717) is 0 Å². The van der Waals surface area contributed by atoms with Crippen LogP contribution in [-0.4, -0.2) is 16.2 Å². The lowest BCUT2D eigenvalue weighted by Gasteiger charge is -1.88. The molecular formula is C6H4ClNO3. The van der Waals surface area contributed by atoms with Gasteiger partial charge in [0.05, 0.1) is 6.26 Å². The zero-order valence-corrected chi connectivity index (χ0v) is 6.08. The number of nitrogens with zero attached hydrogens (tertiary/aromatic N) is 1. The predicted molar refractivity (Wildman–Crippen MR) is 38.1 cm³/mol. The van der Waals surface area contributed by atoms with Crippen molar-refractivity contribution >= 4 is 22.6 Å². The summed E-state index contributed by atoms with van der Waals surface area (Å²) in [4.78, 5) is 10.9. The molecule has 0 amide bonds. The number of hydrogen-bond donors (Lipinski definition) is 1. The molecule has 0 unspecified atom stereocenters. The summed E-state index contributed by atoms with van der Waals surface area (Å²) < 4.78 is 4.69. The normalized spacial score (nSPS) is 11.5. The number of carbonyl (C=O) groups excluding carboxylic acids is 1. The lowest BCUT2D eigenvalue weighted by atomic mass is 10.3. The van der Waals surface area contributed by atoms with Crippen LogP contribution in [0.5, 0.6) is 0 Å². The molecule has 0 spiro atoms. The lowest BCUT2D eigenvalue weighted by Crippen LogP contribution is -2.06. The molecule has 1 rings (SSSR count). The van der Waals surface area contributed by atoms with Crippen molar-refractivity contribution in [1.29, 1.82) is 0 Å². The van der Waals surface area contributed by atoms with Gasteiger partial charge in [0, 0.05) is 0 Å². The molecule has 0 saturated carbocycles. The van der Waals surface area contributed by atoms with Crippen LogP contribution in [0.4, 0.5) is 0 Å². The minimum atomic E-state index is -0.640. The predicted octanol–water partition coefficient (Wildman–Crippen LogP) is 1.49. The van der Waals surface area contributed by atoms with Gasteiger partial charge in [-0.1, -0.05) is 16.8 Å². The fraction of sp³-hybridized carbons (Fsp3) is 0. The summed E-state index contributed by atoms with van der Waals surface area (Å²) in [5.74, 6) is -0.591. The molecule has 11 heavy (non-hydrogen) atoms. The molecule has 0 radical (unpaired) electrons. The molecule has 4 nitrogen and oxygen atoms in total. The maximum atomic E-state index is 10.9. The molecule has 0 bridgehead atoms. The largest absolute Gasteiger partial charge is 0.461 e. The second-order valence-corrected chi connectivity index (χ2v) is 2.06. The van der Waals surface area contributed by atoms with Crippen LogP contribution in [-0.2, 0) is 0 Å². The van der Waals surface area contributed by atoms with Crippen molar-refractivity contribution in [1.82, 2.24) is 0 Å². The molecular weight excluding hydrogens is 170 g/mol. The summed E-state index contributed by atoms with van der Waals surface area (Å²) in [5, 5.41) is 10.1. The van der Waals surface area contributed by atoms with Crippen LogP contribution in [0.25, 0.3) is 0 Å². The van der Waals surface area contributed by atoms with Gasteiger partial charge in [0.2, 0.25) is 5.17 Å². The highest BCUT2D eigenvalue weighted by molar-refractivity contribution is 6.84. The number of carbonyl (C=O) groups is 1. The van der Waals surface area contributed by atoms with E-state index in [0.717, 1.165) is 0 Å². The highest BCUT2D eigenvalue weighted by Gasteiger charge is 2.14. The second kappa shape index (κ2) is 3.21. The Balaban J connectivity index is 2.87. The number of hydrogen-bond acceptors (Lipinski definition) is 4. The third kappa shape index (κ3) is 1.59. The molecule has 0 aromatic carbocycles. The average Bonchev–Trinajstić information content (AvgIpc) is 2.53. The van der Waals surface area contributed by atoms with Gasteiger partial charge in [-0.3, -0.25) is 4.79 Å². The first-order chi connectivity index (χ1) is 5.25. The van der Waals surface area contributed by atoms with Crippen LogP contribution in [0.15, 0.2) is 28.0 Å². The number of oxime groups is 1. The fourth-order valence-electron chi connectivity index (χ4n) is 0.555. The van der Waals surface area contributed by atoms with E-state index in [4.69, 9.17) is 21.2 Å². The van der Waals surface area contributed by atoms with Crippen molar-refractivity contribution in [2.75, 3.05) is 0 Å². The molecule has 0 atom stereocenters. The minimum Gasteiger partial charge on any atom is -0.461 e. The highest BCUT2D eigenvalue weighted by atomic mass is 35.5. The van der Waals surface area contributed by atoms with Gasteiger partial charge in [-0.25, -0.2) is 0 Å². The smallest absolute Gasteiger partial charge is 0.261 e. The van der Waals surface area contributed by atoms with Crippen molar-refractivity contribution in [2.45, 2.75) is 0 Å². The Morgan fingerprint density at radius 2 is 2.45 bits per heavy atom. The van der Waals surface area contributed by atoms with Gasteiger partial charge in [0.15, 0.2) is 5.76 Å². The van der Waals surface area contributed by atoms with Gasteiger partial charge in [0.1, 0.15) is 0 Å². The zero-order valence-electron chi connectivity index (χ0n) is 5.32. The fourth-order valence-corrected chi connectivity index (χ4v) is 0.648. The molecule has 58 valence electrons. The number of rotatable bonds is 2. The summed E-state index contributed by atoms with van der Waals surface area (Å²) >= 11 is 5.20. The molecule has 1 heterocycles. The minimum absolute atomic E-state index is 0.0489. The third-order valence-electron chi connectivity index (χ3n) is 1.02. The first-order valence-electron chi connectivity index (χ1n) is 2.71. The summed E-state index contributed by atoms with van der Waals surface area (Å²) in [6.07, 6.45) is 1.33. The van der Waals surface area contributed by atoms with Crippen LogP contribution in [0.1, 0.15) is 10.6 Å². The van der Waals surface area contributed by atoms with Gasteiger partial charge in [-0.15, -0.1) is 0 Å². The van der Waals surface area contributed by atoms with Gasteiger partial charge in [0.25, 0.3) is 5.78 Å². The molecule has 1 N–H and O–H groups in total. The Morgan fingerprint density at radius 3 is 2.91 bits per heavy atom. The van der Waals surface area contributed by atoms with Crippen LogP contribution >= 0.6 is 11.6 Å². The molecule has 0 aliphatic carbocycles. The standard InChI is InChI=1S/C6H4ClNO3/c7-6(8-10)5(9)4-2-1-3-11-4/h1-3,10H/b8-6-. The maximum Gasteiger partial charge on any atom is 0.261 e. The van der Waals surface area contributed by atoms with E-state index < -0.39 is 11.0 Å². The summed E-state index contributed by atoms with van der Waals surface area (Å²) in [5.41, 5.74) is 0. The van der Waals surface area contributed by atoms with E-state index in [1.54, 1.807) is 0 Å². The van der Waals surface area contributed by atoms with Gasteiger partial charge < -0.3 is 9.62 Å². The van der Waals surface area contributed by atoms with Gasteiger partial charge in [-0.2, -0.15) is 0 Å². The number of halogens is 1. The van der Waals surface area contributed by atoms with Crippen molar-refractivity contribution in [3.05, 3.63) is 24.2 Å². The molecule has 0 aliphatic heterocycles.